The third-order valence-corrected chi connectivity index (χ3v) is 4.26. The van der Waals surface area contributed by atoms with Gasteiger partial charge in [0, 0.05) is 28.2 Å². The van der Waals surface area contributed by atoms with E-state index in [4.69, 9.17) is 11.6 Å². The summed E-state index contributed by atoms with van der Waals surface area (Å²) >= 11 is 7.19. The summed E-state index contributed by atoms with van der Waals surface area (Å²) in [7, 11) is 0. The number of amidine groups is 1. The molecule has 0 fully saturated rings. The van der Waals surface area contributed by atoms with Crippen LogP contribution in [0.3, 0.4) is 0 Å². The monoisotopic (exact) mass is 384 g/mol. The number of nitrogens with zero attached hydrogens (tertiary/aromatic N) is 2. The Morgan fingerprint density at radius 1 is 1.30 bits per heavy atom. The van der Waals surface area contributed by atoms with Gasteiger partial charge in [0.05, 0.1) is 12.1 Å². The van der Waals surface area contributed by atoms with Gasteiger partial charge < -0.3 is 4.90 Å². The molecule has 0 radical (unpaired) electrons. The van der Waals surface area contributed by atoms with Crippen molar-refractivity contribution in [2.75, 3.05) is 13.1 Å². The SMILES string of the molecule is Br.FC(F)(F)c1cccc(Cl)c1C1=CN2CCN=C2S1. The lowest BCUT2D eigenvalue weighted by molar-refractivity contribution is -0.137. The van der Waals surface area contributed by atoms with Crippen LogP contribution in [-0.4, -0.2) is 23.2 Å². The maximum Gasteiger partial charge on any atom is 0.417 e. The van der Waals surface area contributed by atoms with Gasteiger partial charge in [0.2, 0.25) is 0 Å². The van der Waals surface area contributed by atoms with E-state index in [0.717, 1.165) is 11.2 Å². The van der Waals surface area contributed by atoms with Crippen molar-refractivity contribution in [3.63, 3.8) is 0 Å². The van der Waals surface area contributed by atoms with Gasteiger partial charge in [-0.15, -0.1) is 17.0 Å². The highest BCUT2D eigenvalue weighted by atomic mass is 79.9. The van der Waals surface area contributed by atoms with Gasteiger partial charge in [-0.2, -0.15) is 13.2 Å². The summed E-state index contributed by atoms with van der Waals surface area (Å²) < 4.78 is 39.1. The molecule has 0 aliphatic carbocycles. The van der Waals surface area contributed by atoms with Crippen LogP contribution in [0.4, 0.5) is 13.2 Å². The zero-order valence-electron chi connectivity index (χ0n) is 9.95. The van der Waals surface area contributed by atoms with Crippen LogP contribution in [0.25, 0.3) is 4.91 Å². The number of hydrogen-bond donors (Lipinski definition) is 0. The smallest absolute Gasteiger partial charge is 0.325 e. The summed E-state index contributed by atoms with van der Waals surface area (Å²) in [6.45, 7) is 1.39. The number of halogens is 5. The first-order chi connectivity index (χ1) is 8.97. The van der Waals surface area contributed by atoms with Crippen LogP contribution < -0.4 is 0 Å². The molecule has 0 saturated carbocycles. The lowest BCUT2D eigenvalue weighted by Gasteiger charge is -2.14. The summed E-state index contributed by atoms with van der Waals surface area (Å²) in [5.74, 6) is 0. The number of fused-ring (bicyclic) bond motifs is 1. The first-order valence-electron chi connectivity index (χ1n) is 5.53. The molecule has 8 heteroatoms. The fourth-order valence-electron chi connectivity index (χ4n) is 2.04. The quantitative estimate of drug-likeness (QED) is 0.699. The Bertz CT molecular complexity index is 601. The minimum atomic E-state index is -4.42. The Hall–Kier alpha value is -0.660. The maximum absolute atomic E-state index is 13.0. The molecule has 1 aromatic carbocycles. The molecule has 2 aliphatic rings. The van der Waals surface area contributed by atoms with Gasteiger partial charge in [0.15, 0.2) is 5.17 Å². The van der Waals surface area contributed by atoms with Crippen LogP contribution in [0, 0.1) is 0 Å². The third kappa shape index (κ3) is 2.71. The maximum atomic E-state index is 13.0. The van der Waals surface area contributed by atoms with Crippen LogP contribution in [0.5, 0.6) is 0 Å². The van der Waals surface area contributed by atoms with E-state index in [0.29, 0.717) is 18.0 Å². The predicted molar refractivity (Wildman–Crippen MR) is 81.4 cm³/mol. The minimum absolute atomic E-state index is 0. The van der Waals surface area contributed by atoms with Crippen LogP contribution >= 0.6 is 40.3 Å². The average molecular weight is 386 g/mol. The topological polar surface area (TPSA) is 15.6 Å². The molecule has 108 valence electrons. The van der Waals surface area contributed by atoms with E-state index in [1.54, 1.807) is 6.20 Å². The van der Waals surface area contributed by atoms with E-state index in [1.165, 1.54) is 23.9 Å². The average Bonchev–Trinajstić information content (AvgIpc) is 2.87. The zero-order valence-corrected chi connectivity index (χ0v) is 13.2. The van der Waals surface area contributed by atoms with E-state index in [2.05, 4.69) is 4.99 Å². The molecule has 2 nitrogen and oxygen atoms in total. The number of rotatable bonds is 1. The Morgan fingerprint density at radius 3 is 2.70 bits per heavy atom. The minimum Gasteiger partial charge on any atom is -0.325 e. The zero-order chi connectivity index (χ0) is 13.6. The van der Waals surface area contributed by atoms with Gasteiger partial charge in [-0.1, -0.05) is 17.7 Å². The van der Waals surface area contributed by atoms with Gasteiger partial charge in [-0.05, 0) is 23.9 Å². The highest BCUT2D eigenvalue weighted by molar-refractivity contribution is 8.93. The lowest BCUT2D eigenvalue weighted by atomic mass is 10.1. The summed E-state index contributed by atoms with van der Waals surface area (Å²) in [6, 6.07) is 3.83. The van der Waals surface area contributed by atoms with Crippen molar-refractivity contribution in [3.8, 4) is 0 Å². The molecular weight excluding hydrogens is 377 g/mol. The normalized spacial score (nSPS) is 17.5. The van der Waals surface area contributed by atoms with E-state index >= 15 is 0 Å². The molecular formula is C12H9BrClF3N2S. The summed E-state index contributed by atoms with van der Waals surface area (Å²) in [5.41, 5.74) is -0.667. The molecule has 0 spiro atoms. The molecule has 3 rings (SSSR count). The number of aliphatic imine (C=N–C) groups is 1. The van der Waals surface area contributed by atoms with Crippen molar-refractivity contribution in [1.82, 2.24) is 4.90 Å². The van der Waals surface area contributed by atoms with Crippen LogP contribution in [0.2, 0.25) is 5.02 Å². The fraction of sp³-hybridized carbons (Fsp3) is 0.250. The van der Waals surface area contributed by atoms with Gasteiger partial charge in [-0.3, -0.25) is 4.99 Å². The van der Waals surface area contributed by atoms with Crippen molar-refractivity contribution >= 4 is 50.4 Å². The van der Waals surface area contributed by atoms with Crippen LogP contribution in [0.15, 0.2) is 29.4 Å². The molecule has 0 unspecified atom stereocenters. The Labute approximate surface area is 133 Å². The molecule has 0 aromatic heterocycles. The van der Waals surface area contributed by atoms with E-state index in [1.807, 2.05) is 4.90 Å². The predicted octanol–water partition coefficient (Wildman–Crippen LogP) is 4.65. The fourth-order valence-corrected chi connectivity index (χ4v) is 3.49. The molecule has 2 aliphatic heterocycles. The number of hydrogen-bond acceptors (Lipinski definition) is 3. The van der Waals surface area contributed by atoms with Gasteiger partial charge in [0.25, 0.3) is 0 Å². The standard InChI is InChI=1S/C12H8ClF3N2S.BrH/c13-8-3-1-2-7(12(14,15)16)10(8)9-6-18-5-4-17-11(18)19-9;/h1-3,6H,4-5H2;1H. The summed E-state index contributed by atoms with van der Waals surface area (Å²) in [6.07, 6.45) is -2.73. The number of benzene rings is 1. The van der Waals surface area contributed by atoms with E-state index in [-0.39, 0.29) is 27.6 Å². The number of thioether (sulfide) groups is 1. The highest BCUT2D eigenvalue weighted by Gasteiger charge is 2.37. The van der Waals surface area contributed by atoms with E-state index in [9.17, 15) is 13.2 Å². The van der Waals surface area contributed by atoms with Gasteiger partial charge >= 0.3 is 6.18 Å². The third-order valence-electron chi connectivity index (χ3n) is 2.87. The molecule has 2 heterocycles. The Morgan fingerprint density at radius 2 is 2.05 bits per heavy atom. The molecule has 1 aromatic rings. The van der Waals surface area contributed by atoms with Crippen molar-refractivity contribution in [2.45, 2.75) is 6.18 Å². The molecule has 0 atom stereocenters. The van der Waals surface area contributed by atoms with Crippen molar-refractivity contribution < 1.29 is 13.2 Å². The number of alkyl halides is 3. The molecule has 0 N–H and O–H groups in total. The van der Waals surface area contributed by atoms with E-state index < -0.39 is 11.7 Å². The van der Waals surface area contributed by atoms with Crippen molar-refractivity contribution in [2.24, 2.45) is 4.99 Å². The molecule has 20 heavy (non-hydrogen) atoms. The van der Waals surface area contributed by atoms with Gasteiger partial charge in [0.1, 0.15) is 0 Å². The lowest BCUT2D eigenvalue weighted by Crippen LogP contribution is -2.14. The van der Waals surface area contributed by atoms with Crippen molar-refractivity contribution in [1.29, 1.82) is 0 Å². The first kappa shape index (κ1) is 15.7. The van der Waals surface area contributed by atoms with Crippen molar-refractivity contribution in [3.05, 3.63) is 40.5 Å². The Kier molecular flexibility index (Phi) is 4.41. The second kappa shape index (κ2) is 5.61. The first-order valence-corrected chi connectivity index (χ1v) is 6.73. The van der Waals surface area contributed by atoms with Crippen LogP contribution in [0.1, 0.15) is 11.1 Å². The summed E-state index contributed by atoms with van der Waals surface area (Å²) in [4.78, 5) is 6.57. The largest absolute Gasteiger partial charge is 0.417 e. The Balaban J connectivity index is 0.00000147. The molecule has 0 saturated heterocycles. The van der Waals surface area contributed by atoms with Crippen LogP contribution in [-0.2, 0) is 6.18 Å². The second-order valence-electron chi connectivity index (χ2n) is 4.11. The molecule has 0 bridgehead atoms. The second-order valence-corrected chi connectivity index (χ2v) is 5.53. The van der Waals surface area contributed by atoms with Gasteiger partial charge in [-0.25, -0.2) is 0 Å². The summed E-state index contributed by atoms with van der Waals surface area (Å²) in [5, 5.41) is 0.846. The molecule has 0 amide bonds. The highest BCUT2D eigenvalue weighted by Crippen LogP contribution is 2.45.